The van der Waals surface area contributed by atoms with Gasteiger partial charge in [0, 0.05) is 36.2 Å². The average Bonchev–Trinajstić information content (AvgIpc) is 2.92. The molecule has 0 radical (unpaired) electrons. The third-order valence-corrected chi connectivity index (χ3v) is 5.14. The van der Waals surface area contributed by atoms with Crippen LogP contribution in [0.25, 0.3) is 0 Å². The minimum absolute atomic E-state index is 0.222. The summed E-state index contributed by atoms with van der Waals surface area (Å²) in [4.78, 5) is 12.1. The van der Waals surface area contributed by atoms with Crippen molar-refractivity contribution < 1.29 is 14.6 Å². The molecule has 2 N–H and O–H groups in total. The fraction of sp³-hybridized carbons (Fsp3) is 0.350. The van der Waals surface area contributed by atoms with Crippen LogP contribution in [0.15, 0.2) is 36.4 Å². The van der Waals surface area contributed by atoms with Crippen LogP contribution in [0, 0.1) is 11.8 Å². The molecule has 0 bridgehead atoms. The van der Waals surface area contributed by atoms with Gasteiger partial charge in [0.15, 0.2) is 0 Å². The van der Waals surface area contributed by atoms with E-state index in [0.29, 0.717) is 28.9 Å². The SMILES string of the molecule is Cn1c(Cl)ccc1OC(=O)N[C@H]1CCC[C@@](O)(C#Cc2cccc(Cl)c2)C1. The van der Waals surface area contributed by atoms with Gasteiger partial charge in [-0.25, -0.2) is 4.79 Å². The standard InChI is InChI=1S/C20H20Cl2N2O3/c1-24-17(22)7-8-18(24)27-19(25)23-16-6-3-10-20(26,13-16)11-9-14-4-2-5-15(21)12-14/h2,4-5,7-8,12,16,26H,3,6,10,13H2,1H3,(H,23,25)/t16-,20+/m0/s1. The molecule has 2 aromatic rings. The number of carbonyl (C=O) groups excluding carboxylic acids is 1. The fourth-order valence-electron chi connectivity index (χ4n) is 3.11. The lowest BCUT2D eigenvalue weighted by molar-refractivity contribution is 0.0472. The summed E-state index contributed by atoms with van der Waals surface area (Å²) >= 11 is 11.9. The molecule has 2 atom stereocenters. The van der Waals surface area contributed by atoms with Crippen molar-refractivity contribution in [3.05, 3.63) is 52.1 Å². The van der Waals surface area contributed by atoms with Gasteiger partial charge in [-0.3, -0.25) is 0 Å². The van der Waals surface area contributed by atoms with E-state index < -0.39 is 11.7 Å². The zero-order valence-electron chi connectivity index (χ0n) is 14.8. The molecule has 142 valence electrons. The highest BCUT2D eigenvalue weighted by Gasteiger charge is 2.34. The first-order valence-corrected chi connectivity index (χ1v) is 9.41. The smallest absolute Gasteiger partial charge is 0.393 e. The van der Waals surface area contributed by atoms with Crippen LogP contribution in [-0.2, 0) is 7.05 Å². The molecule has 0 aliphatic heterocycles. The fourth-order valence-corrected chi connectivity index (χ4v) is 3.44. The van der Waals surface area contributed by atoms with E-state index in [1.807, 2.05) is 12.1 Å². The predicted octanol–water partition coefficient (Wildman–Crippen LogP) is 4.15. The second-order valence-corrected chi connectivity index (χ2v) is 7.50. The number of halogens is 2. The normalized spacial score (nSPS) is 21.9. The Morgan fingerprint density at radius 2 is 2.19 bits per heavy atom. The van der Waals surface area contributed by atoms with Gasteiger partial charge in [-0.1, -0.05) is 41.1 Å². The predicted molar refractivity (Wildman–Crippen MR) is 105 cm³/mol. The molecule has 5 nitrogen and oxygen atoms in total. The summed E-state index contributed by atoms with van der Waals surface area (Å²) in [7, 11) is 1.70. The first-order valence-electron chi connectivity index (χ1n) is 8.65. The summed E-state index contributed by atoms with van der Waals surface area (Å²) < 4.78 is 6.84. The number of nitrogens with one attached hydrogen (secondary N) is 1. The van der Waals surface area contributed by atoms with Gasteiger partial charge in [-0.05, 0) is 43.5 Å². The molecule has 1 saturated carbocycles. The minimum atomic E-state index is -1.16. The summed E-state index contributed by atoms with van der Waals surface area (Å²) in [6.07, 6.45) is 1.82. The Labute approximate surface area is 168 Å². The van der Waals surface area contributed by atoms with E-state index >= 15 is 0 Å². The Balaban J connectivity index is 1.61. The van der Waals surface area contributed by atoms with Crippen LogP contribution < -0.4 is 10.1 Å². The van der Waals surface area contributed by atoms with E-state index in [1.165, 1.54) is 0 Å². The van der Waals surface area contributed by atoms with Gasteiger partial charge in [0.25, 0.3) is 0 Å². The summed E-state index contributed by atoms with van der Waals surface area (Å²) in [6, 6.07) is 10.2. The van der Waals surface area contributed by atoms with Crippen molar-refractivity contribution in [3.63, 3.8) is 0 Å². The number of ether oxygens (including phenoxy) is 1. The van der Waals surface area contributed by atoms with Crippen molar-refractivity contribution in [2.24, 2.45) is 7.05 Å². The highest BCUT2D eigenvalue weighted by molar-refractivity contribution is 6.30. The largest absolute Gasteiger partial charge is 0.414 e. The topological polar surface area (TPSA) is 63.5 Å². The Bertz CT molecular complexity index is 900. The van der Waals surface area contributed by atoms with E-state index in [2.05, 4.69) is 17.2 Å². The Morgan fingerprint density at radius 3 is 2.89 bits per heavy atom. The molecule has 3 rings (SSSR count). The highest BCUT2D eigenvalue weighted by Crippen LogP contribution is 2.28. The molecular formula is C20H20Cl2N2O3. The number of benzene rings is 1. The second kappa shape index (κ2) is 8.26. The molecule has 1 amide bonds. The van der Waals surface area contributed by atoms with Crippen molar-refractivity contribution in [1.29, 1.82) is 0 Å². The van der Waals surface area contributed by atoms with Crippen LogP contribution in [0.1, 0.15) is 31.2 Å². The molecule has 1 aliphatic rings. The van der Waals surface area contributed by atoms with Crippen LogP contribution in [-0.4, -0.2) is 27.4 Å². The minimum Gasteiger partial charge on any atom is -0.393 e. The maximum atomic E-state index is 12.1. The molecule has 1 aromatic carbocycles. The number of aliphatic hydroxyl groups is 1. The zero-order valence-corrected chi connectivity index (χ0v) is 16.3. The van der Waals surface area contributed by atoms with Gasteiger partial charge >= 0.3 is 6.09 Å². The second-order valence-electron chi connectivity index (χ2n) is 6.67. The molecule has 1 aromatic heterocycles. The number of rotatable bonds is 2. The van der Waals surface area contributed by atoms with Gasteiger partial charge in [-0.2, -0.15) is 0 Å². The quantitative estimate of drug-likeness (QED) is 0.736. The number of hydrogen-bond acceptors (Lipinski definition) is 3. The lowest BCUT2D eigenvalue weighted by Crippen LogP contribution is -2.46. The van der Waals surface area contributed by atoms with Gasteiger partial charge < -0.3 is 19.7 Å². The molecule has 1 heterocycles. The summed E-state index contributed by atoms with van der Waals surface area (Å²) in [6.45, 7) is 0. The molecule has 0 saturated heterocycles. The van der Waals surface area contributed by atoms with Gasteiger partial charge in [0.2, 0.25) is 5.88 Å². The molecule has 0 spiro atoms. The number of amides is 1. The van der Waals surface area contributed by atoms with E-state index in [4.69, 9.17) is 27.9 Å². The van der Waals surface area contributed by atoms with Crippen molar-refractivity contribution in [2.45, 2.75) is 37.3 Å². The van der Waals surface area contributed by atoms with Gasteiger partial charge in [0.05, 0.1) is 0 Å². The Morgan fingerprint density at radius 1 is 1.37 bits per heavy atom. The Kier molecular flexibility index (Phi) is 6.01. The summed E-state index contributed by atoms with van der Waals surface area (Å²) in [5, 5.41) is 14.7. The number of nitrogens with zero attached hydrogens (tertiary/aromatic N) is 1. The van der Waals surface area contributed by atoms with E-state index in [9.17, 15) is 9.90 Å². The number of aromatic nitrogens is 1. The Hall–Kier alpha value is -2.13. The maximum Gasteiger partial charge on any atom is 0.414 e. The third-order valence-electron chi connectivity index (χ3n) is 4.52. The summed E-state index contributed by atoms with van der Waals surface area (Å²) in [5.41, 5.74) is -0.418. The zero-order chi connectivity index (χ0) is 19.4. The molecule has 0 unspecified atom stereocenters. The van der Waals surface area contributed by atoms with Crippen LogP contribution in [0.4, 0.5) is 4.79 Å². The van der Waals surface area contributed by atoms with Crippen molar-refractivity contribution in [2.75, 3.05) is 0 Å². The molecule has 7 heteroatoms. The maximum absolute atomic E-state index is 12.1. The van der Waals surface area contributed by atoms with Gasteiger partial charge in [-0.15, -0.1) is 0 Å². The monoisotopic (exact) mass is 406 g/mol. The number of carbonyl (C=O) groups is 1. The van der Waals surface area contributed by atoms with E-state index in [-0.39, 0.29) is 6.04 Å². The summed E-state index contributed by atoms with van der Waals surface area (Å²) in [5.74, 6) is 6.26. The van der Waals surface area contributed by atoms with Crippen LogP contribution in [0.2, 0.25) is 10.2 Å². The first kappa shape index (κ1) is 19.6. The van der Waals surface area contributed by atoms with E-state index in [0.717, 1.165) is 18.4 Å². The third kappa shape index (κ3) is 5.20. The number of hydrogen-bond donors (Lipinski definition) is 2. The highest BCUT2D eigenvalue weighted by atomic mass is 35.5. The van der Waals surface area contributed by atoms with Crippen molar-refractivity contribution in [1.82, 2.24) is 9.88 Å². The first-order chi connectivity index (χ1) is 12.8. The molecule has 1 aliphatic carbocycles. The lowest BCUT2D eigenvalue weighted by atomic mass is 9.82. The van der Waals surface area contributed by atoms with E-state index in [1.54, 1.807) is 35.9 Å². The van der Waals surface area contributed by atoms with Crippen molar-refractivity contribution in [3.8, 4) is 17.7 Å². The van der Waals surface area contributed by atoms with Gasteiger partial charge in [0.1, 0.15) is 10.8 Å². The van der Waals surface area contributed by atoms with Crippen molar-refractivity contribution >= 4 is 29.3 Å². The van der Waals surface area contributed by atoms with Crippen LogP contribution >= 0.6 is 23.2 Å². The molecular weight excluding hydrogens is 387 g/mol. The molecule has 27 heavy (non-hydrogen) atoms. The van der Waals surface area contributed by atoms with Crippen LogP contribution in [0.3, 0.4) is 0 Å². The molecule has 1 fully saturated rings. The van der Waals surface area contributed by atoms with Crippen LogP contribution in [0.5, 0.6) is 5.88 Å². The lowest BCUT2D eigenvalue weighted by Gasteiger charge is -2.33. The average molecular weight is 407 g/mol.